The first-order chi connectivity index (χ1) is 6.77. The van der Waals surface area contributed by atoms with Gasteiger partial charge in [-0.05, 0) is 17.7 Å². The Bertz CT molecular complexity index is 578. The van der Waals surface area contributed by atoms with Crippen LogP contribution in [0.3, 0.4) is 0 Å². The second-order valence-corrected chi connectivity index (χ2v) is 3.33. The van der Waals surface area contributed by atoms with Gasteiger partial charge in [-0.1, -0.05) is 18.2 Å². The second-order valence-electron chi connectivity index (χ2n) is 3.33. The van der Waals surface area contributed by atoms with Crippen molar-refractivity contribution in [2.24, 2.45) is 0 Å². The van der Waals surface area contributed by atoms with Crippen LogP contribution < -0.4 is 0 Å². The molecule has 0 spiro atoms. The van der Waals surface area contributed by atoms with Gasteiger partial charge in [0.05, 0.1) is 17.3 Å². The lowest BCUT2D eigenvalue weighted by atomic mass is 9.98. The first-order valence-corrected chi connectivity index (χ1v) is 4.33. The molecule has 1 aromatic carbocycles. The molecule has 0 amide bonds. The average molecular weight is 185 g/mol. The van der Waals surface area contributed by atoms with Gasteiger partial charge in [-0.15, -0.1) is 0 Å². The third-order valence-corrected chi connectivity index (χ3v) is 2.52. The fourth-order valence-corrected chi connectivity index (χ4v) is 1.88. The number of ketones is 1. The third-order valence-electron chi connectivity index (χ3n) is 2.52. The van der Waals surface area contributed by atoms with Crippen LogP contribution >= 0.6 is 0 Å². The van der Waals surface area contributed by atoms with Crippen molar-refractivity contribution in [1.29, 1.82) is 0 Å². The van der Waals surface area contributed by atoms with Gasteiger partial charge < -0.3 is 5.21 Å². The van der Waals surface area contributed by atoms with Gasteiger partial charge in [-0.25, -0.2) is 0 Å². The van der Waals surface area contributed by atoms with Crippen molar-refractivity contribution in [3.8, 4) is 0 Å². The topological polar surface area (TPSA) is 42.2 Å². The molecule has 0 fully saturated rings. The number of hydrogen-bond donors (Lipinski definition) is 1. The summed E-state index contributed by atoms with van der Waals surface area (Å²) in [5.41, 5.74) is 2.22. The van der Waals surface area contributed by atoms with E-state index in [4.69, 9.17) is 0 Å². The van der Waals surface area contributed by atoms with E-state index in [0.717, 1.165) is 15.7 Å². The molecule has 1 heterocycles. The molecule has 14 heavy (non-hydrogen) atoms. The zero-order chi connectivity index (χ0) is 9.71. The highest BCUT2D eigenvalue weighted by molar-refractivity contribution is 6.19. The fraction of sp³-hybridized carbons (Fsp3) is 0. The van der Waals surface area contributed by atoms with E-state index >= 15 is 0 Å². The van der Waals surface area contributed by atoms with Crippen molar-refractivity contribution in [2.45, 2.75) is 0 Å². The van der Waals surface area contributed by atoms with E-state index in [2.05, 4.69) is 0 Å². The Morgan fingerprint density at radius 1 is 1.21 bits per heavy atom. The summed E-state index contributed by atoms with van der Waals surface area (Å²) >= 11 is 0. The Balaban J connectivity index is 2.59. The summed E-state index contributed by atoms with van der Waals surface area (Å²) in [4.78, 5) is 11.5. The number of nitrogens with zero attached hydrogens (tertiary/aromatic N) is 1. The van der Waals surface area contributed by atoms with Crippen molar-refractivity contribution in [3.63, 3.8) is 0 Å². The van der Waals surface area contributed by atoms with Crippen LogP contribution in [0.5, 0.6) is 0 Å². The van der Waals surface area contributed by atoms with Gasteiger partial charge in [0.1, 0.15) is 0 Å². The minimum Gasteiger partial charge on any atom is -0.428 e. The Kier molecular flexibility index (Phi) is 1.19. The van der Waals surface area contributed by atoms with Gasteiger partial charge >= 0.3 is 0 Å². The molecule has 0 radical (unpaired) electrons. The molecule has 0 aliphatic heterocycles. The van der Waals surface area contributed by atoms with E-state index < -0.39 is 0 Å². The predicted molar refractivity (Wildman–Crippen MR) is 52.5 cm³/mol. The van der Waals surface area contributed by atoms with Crippen LogP contribution in [0, 0.1) is 0 Å². The summed E-state index contributed by atoms with van der Waals surface area (Å²) < 4.78 is 0.999. The van der Waals surface area contributed by atoms with Crippen molar-refractivity contribution >= 4 is 22.8 Å². The molecule has 1 aliphatic rings. The Hall–Kier alpha value is -2.03. The van der Waals surface area contributed by atoms with E-state index in [1.807, 2.05) is 12.1 Å². The second kappa shape index (κ2) is 2.26. The van der Waals surface area contributed by atoms with Crippen LogP contribution in [-0.4, -0.2) is 15.7 Å². The molecule has 3 rings (SSSR count). The van der Waals surface area contributed by atoms with Crippen LogP contribution in [0.15, 0.2) is 30.5 Å². The summed E-state index contributed by atoms with van der Waals surface area (Å²) in [6.07, 6.45) is 4.76. The van der Waals surface area contributed by atoms with Crippen LogP contribution in [0.1, 0.15) is 15.9 Å². The number of carbonyl (C=O) groups excluding carboxylic acids is 1. The van der Waals surface area contributed by atoms with Crippen molar-refractivity contribution in [2.75, 3.05) is 0 Å². The first kappa shape index (κ1) is 7.38. The molecule has 1 N–H and O–H groups in total. The predicted octanol–water partition coefficient (Wildman–Crippen LogP) is 2.09. The first-order valence-electron chi connectivity index (χ1n) is 4.33. The van der Waals surface area contributed by atoms with Crippen LogP contribution in [0.2, 0.25) is 0 Å². The van der Waals surface area contributed by atoms with Gasteiger partial charge in [0, 0.05) is 5.39 Å². The van der Waals surface area contributed by atoms with E-state index in [9.17, 15) is 10.0 Å². The largest absolute Gasteiger partial charge is 0.428 e. The van der Waals surface area contributed by atoms with E-state index in [1.54, 1.807) is 12.1 Å². The Morgan fingerprint density at radius 2 is 2.07 bits per heavy atom. The molecule has 0 bridgehead atoms. The van der Waals surface area contributed by atoms with E-state index in [0.29, 0.717) is 11.1 Å². The highest BCUT2D eigenvalue weighted by Crippen LogP contribution is 2.29. The van der Waals surface area contributed by atoms with Crippen molar-refractivity contribution in [1.82, 2.24) is 4.73 Å². The maximum Gasteiger partial charge on any atom is 0.188 e. The lowest BCUT2D eigenvalue weighted by molar-refractivity contribution is 0.104. The SMILES string of the molecule is O=C1C=Cc2cccc3c2c1cn3O. The average Bonchev–Trinajstić information content (AvgIpc) is 2.53. The minimum atomic E-state index is -0.0542. The maximum atomic E-state index is 11.5. The van der Waals surface area contributed by atoms with Crippen LogP contribution in [-0.2, 0) is 0 Å². The quantitative estimate of drug-likeness (QED) is 0.638. The number of benzene rings is 1. The summed E-state index contributed by atoms with van der Waals surface area (Å²) in [6.45, 7) is 0. The minimum absolute atomic E-state index is 0.0542. The standard InChI is InChI=1S/C11H7NO2/c13-10-5-4-7-2-1-3-9-11(7)8(10)6-12(9)14/h1-6,14H. The van der Waals surface area contributed by atoms with E-state index in [1.165, 1.54) is 12.3 Å². The van der Waals surface area contributed by atoms with Gasteiger partial charge in [0.15, 0.2) is 5.78 Å². The number of aromatic nitrogens is 1. The molecule has 0 atom stereocenters. The number of hydrogen-bond acceptors (Lipinski definition) is 2. The number of rotatable bonds is 0. The molecular weight excluding hydrogens is 178 g/mol. The Morgan fingerprint density at radius 3 is 2.93 bits per heavy atom. The number of carbonyl (C=O) groups is 1. The molecule has 0 saturated carbocycles. The number of allylic oxidation sites excluding steroid dienone is 1. The molecule has 1 aromatic heterocycles. The molecular formula is C11H7NO2. The maximum absolute atomic E-state index is 11.5. The van der Waals surface area contributed by atoms with Crippen molar-refractivity contribution < 1.29 is 10.0 Å². The van der Waals surface area contributed by atoms with Gasteiger partial charge in [-0.3, -0.25) is 4.79 Å². The molecule has 3 nitrogen and oxygen atoms in total. The van der Waals surface area contributed by atoms with Gasteiger partial charge in [-0.2, -0.15) is 4.73 Å². The summed E-state index contributed by atoms with van der Waals surface area (Å²) in [6, 6.07) is 5.57. The fourth-order valence-electron chi connectivity index (χ4n) is 1.88. The summed E-state index contributed by atoms with van der Waals surface area (Å²) in [5.74, 6) is -0.0542. The normalized spacial score (nSPS) is 13.9. The summed E-state index contributed by atoms with van der Waals surface area (Å²) in [7, 11) is 0. The lowest BCUT2D eigenvalue weighted by Crippen LogP contribution is -1.97. The third kappa shape index (κ3) is 0.738. The molecule has 68 valence electrons. The Labute approximate surface area is 79.8 Å². The molecule has 3 heteroatoms. The molecule has 0 saturated heterocycles. The zero-order valence-electron chi connectivity index (χ0n) is 7.27. The molecule has 1 aliphatic carbocycles. The van der Waals surface area contributed by atoms with E-state index in [-0.39, 0.29) is 5.78 Å². The molecule has 0 unspecified atom stereocenters. The van der Waals surface area contributed by atoms with Gasteiger partial charge in [0.25, 0.3) is 0 Å². The smallest absolute Gasteiger partial charge is 0.188 e. The van der Waals surface area contributed by atoms with Crippen LogP contribution in [0.4, 0.5) is 0 Å². The highest BCUT2D eigenvalue weighted by atomic mass is 16.5. The van der Waals surface area contributed by atoms with Crippen LogP contribution in [0.25, 0.3) is 17.0 Å². The highest BCUT2D eigenvalue weighted by Gasteiger charge is 2.18. The van der Waals surface area contributed by atoms with Crippen molar-refractivity contribution in [3.05, 3.63) is 41.6 Å². The monoisotopic (exact) mass is 185 g/mol. The van der Waals surface area contributed by atoms with Gasteiger partial charge in [0.2, 0.25) is 0 Å². The zero-order valence-corrected chi connectivity index (χ0v) is 7.27. The molecule has 2 aromatic rings. The lowest BCUT2D eigenvalue weighted by Gasteiger charge is -2.03. The summed E-state index contributed by atoms with van der Waals surface area (Å²) in [5, 5.41) is 10.4.